The number of hydrogen-bond acceptors (Lipinski definition) is 2. The van der Waals surface area contributed by atoms with Crippen LogP contribution in [0.25, 0.3) is 0 Å². The Labute approximate surface area is 103 Å². The van der Waals surface area contributed by atoms with Crippen molar-refractivity contribution in [2.45, 2.75) is 40.0 Å². The Morgan fingerprint density at radius 2 is 2.06 bits per heavy atom. The van der Waals surface area contributed by atoms with E-state index >= 15 is 0 Å². The highest BCUT2D eigenvalue weighted by Gasteiger charge is 2.09. The Hall–Kier alpha value is -0.760. The Kier molecular flexibility index (Phi) is 5.07. The molecule has 90 valence electrons. The Balaban J connectivity index is 2.77. The number of alkyl halides is 1. The maximum Gasteiger partial charge on any atom is 0.218 e. The first-order valence-electron chi connectivity index (χ1n) is 5.70. The second-order valence-electron chi connectivity index (χ2n) is 4.53. The molecule has 1 aromatic heterocycles. The lowest BCUT2D eigenvalue weighted by Crippen LogP contribution is -2.06. The van der Waals surface area contributed by atoms with Crippen molar-refractivity contribution >= 4 is 11.6 Å². The minimum absolute atomic E-state index is 0.454. The van der Waals surface area contributed by atoms with Crippen molar-refractivity contribution in [3.63, 3.8) is 0 Å². The molecule has 0 unspecified atom stereocenters. The monoisotopic (exact) mass is 241 g/mol. The summed E-state index contributed by atoms with van der Waals surface area (Å²) in [7, 11) is 0. The second kappa shape index (κ2) is 6.09. The van der Waals surface area contributed by atoms with Crippen molar-refractivity contribution in [3.8, 4) is 5.88 Å². The summed E-state index contributed by atoms with van der Waals surface area (Å²) in [5.41, 5.74) is 3.14. The molecule has 0 atom stereocenters. The van der Waals surface area contributed by atoms with Gasteiger partial charge in [-0.15, -0.1) is 11.6 Å². The number of halogens is 1. The smallest absolute Gasteiger partial charge is 0.218 e. The first kappa shape index (κ1) is 13.3. The van der Waals surface area contributed by atoms with E-state index < -0.39 is 0 Å². The first-order valence-corrected chi connectivity index (χ1v) is 6.24. The summed E-state index contributed by atoms with van der Waals surface area (Å²) in [5, 5.41) is 0. The number of pyridine rings is 1. The summed E-state index contributed by atoms with van der Waals surface area (Å²) < 4.78 is 5.70. The number of aryl methyl sites for hydroxylation is 2. The van der Waals surface area contributed by atoms with Crippen LogP contribution < -0.4 is 4.74 Å². The number of nitrogens with zero attached hydrogens (tertiary/aromatic N) is 1. The number of aromatic nitrogens is 1. The van der Waals surface area contributed by atoms with Gasteiger partial charge in [-0.1, -0.05) is 13.8 Å². The third-order valence-corrected chi connectivity index (χ3v) is 2.77. The average molecular weight is 242 g/mol. The van der Waals surface area contributed by atoms with Crippen LogP contribution in [-0.2, 0) is 5.88 Å². The van der Waals surface area contributed by atoms with Gasteiger partial charge in [0.1, 0.15) is 0 Å². The van der Waals surface area contributed by atoms with E-state index in [2.05, 4.69) is 18.8 Å². The molecule has 0 aromatic carbocycles. The zero-order valence-electron chi connectivity index (χ0n) is 10.5. The molecule has 0 spiro atoms. The van der Waals surface area contributed by atoms with Gasteiger partial charge in [-0.05, 0) is 37.8 Å². The predicted octanol–water partition coefficient (Wildman–Crippen LogP) is 3.86. The van der Waals surface area contributed by atoms with Gasteiger partial charge in [-0.3, -0.25) is 0 Å². The number of rotatable bonds is 5. The molecular formula is C13H20ClNO. The Morgan fingerprint density at radius 3 is 2.62 bits per heavy atom. The molecule has 2 nitrogen and oxygen atoms in total. The fraction of sp³-hybridized carbons (Fsp3) is 0.615. The fourth-order valence-corrected chi connectivity index (χ4v) is 1.83. The third kappa shape index (κ3) is 3.67. The molecule has 0 amide bonds. The van der Waals surface area contributed by atoms with Crippen molar-refractivity contribution < 1.29 is 4.74 Å². The van der Waals surface area contributed by atoms with E-state index in [-0.39, 0.29) is 0 Å². The van der Waals surface area contributed by atoms with Crippen LogP contribution in [0.15, 0.2) is 6.07 Å². The normalized spacial score (nSPS) is 10.9. The molecule has 0 N–H and O–H groups in total. The maximum atomic E-state index is 5.91. The van der Waals surface area contributed by atoms with E-state index in [1.165, 1.54) is 0 Å². The molecule has 1 aromatic rings. The summed E-state index contributed by atoms with van der Waals surface area (Å²) in [6, 6.07) is 2.03. The predicted molar refractivity (Wildman–Crippen MR) is 68.2 cm³/mol. The van der Waals surface area contributed by atoms with Crippen LogP contribution in [0.3, 0.4) is 0 Å². The van der Waals surface area contributed by atoms with Gasteiger partial charge in [-0.25, -0.2) is 4.98 Å². The van der Waals surface area contributed by atoms with Gasteiger partial charge in [-0.2, -0.15) is 0 Å². The van der Waals surface area contributed by atoms with Gasteiger partial charge in [0.05, 0.1) is 12.5 Å². The average Bonchev–Trinajstić information content (AvgIpc) is 2.16. The zero-order valence-corrected chi connectivity index (χ0v) is 11.3. The summed E-state index contributed by atoms with van der Waals surface area (Å²) in [6.45, 7) is 9.08. The molecule has 0 saturated carbocycles. The first-order chi connectivity index (χ1) is 7.54. The minimum atomic E-state index is 0.454. The number of ether oxygens (including phenoxy) is 1. The highest BCUT2D eigenvalue weighted by Crippen LogP contribution is 2.23. The van der Waals surface area contributed by atoms with Gasteiger partial charge in [0, 0.05) is 11.3 Å². The molecule has 0 fully saturated rings. The Bertz CT molecular complexity index is 350. The standard InChI is InChI=1S/C13H20ClNO/c1-9(2)5-6-16-13-12(8-14)10(3)7-11(4)15-13/h7,9H,5-6,8H2,1-4H3. The topological polar surface area (TPSA) is 22.1 Å². The summed E-state index contributed by atoms with van der Waals surface area (Å²) in [5.74, 6) is 1.80. The van der Waals surface area contributed by atoms with Crippen LogP contribution in [0.5, 0.6) is 5.88 Å². The van der Waals surface area contributed by atoms with Crippen LogP contribution in [0.4, 0.5) is 0 Å². The lowest BCUT2D eigenvalue weighted by atomic mass is 10.1. The van der Waals surface area contributed by atoms with Gasteiger partial charge in [0.25, 0.3) is 0 Å². The lowest BCUT2D eigenvalue weighted by Gasteiger charge is -2.13. The van der Waals surface area contributed by atoms with E-state index in [9.17, 15) is 0 Å². The zero-order chi connectivity index (χ0) is 12.1. The molecule has 0 aliphatic rings. The fourth-order valence-electron chi connectivity index (χ4n) is 1.50. The minimum Gasteiger partial charge on any atom is -0.477 e. The van der Waals surface area contributed by atoms with Gasteiger partial charge in [0.15, 0.2) is 0 Å². The highest BCUT2D eigenvalue weighted by molar-refractivity contribution is 6.17. The van der Waals surface area contributed by atoms with Crippen molar-refractivity contribution in [3.05, 3.63) is 22.9 Å². The third-order valence-electron chi connectivity index (χ3n) is 2.51. The summed E-state index contributed by atoms with van der Waals surface area (Å²) in [4.78, 5) is 4.39. The van der Waals surface area contributed by atoms with Crippen LogP contribution in [0.2, 0.25) is 0 Å². The second-order valence-corrected chi connectivity index (χ2v) is 4.80. The number of hydrogen-bond donors (Lipinski definition) is 0. The molecule has 1 heterocycles. The van der Waals surface area contributed by atoms with Crippen molar-refractivity contribution in [2.75, 3.05) is 6.61 Å². The van der Waals surface area contributed by atoms with E-state index in [1.54, 1.807) is 0 Å². The van der Waals surface area contributed by atoms with Crippen molar-refractivity contribution in [1.29, 1.82) is 0 Å². The SMILES string of the molecule is Cc1cc(C)c(CCl)c(OCCC(C)C)n1. The van der Waals surface area contributed by atoms with E-state index in [0.717, 1.165) is 23.2 Å². The van der Waals surface area contributed by atoms with Crippen LogP contribution in [0.1, 0.15) is 37.1 Å². The summed E-state index contributed by atoms with van der Waals surface area (Å²) >= 11 is 5.91. The Morgan fingerprint density at radius 1 is 1.38 bits per heavy atom. The van der Waals surface area contributed by atoms with Crippen molar-refractivity contribution in [1.82, 2.24) is 4.98 Å². The molecule has 0 radical (unpaired) electrons. The van der Waals surface area contributed by atoms with Gasteiger partial charge >= 0.3 is 0 Å². The molecule has 16 heavy (non-hydrogen) atoms. The quantitative estimate of drug-likeness (QED) is 0.731. The highest BCUT2D eigenvalue weighted by atomic mass is 35.5. The van der Waals surface area contributed by atoms with E-state index in [0.29, 0.717) is 24.3 Å². The molecule has 0 aliphatic heterocycles. The maximum absolute atomic E-state index is 5.91. The molecular weight excluding hydrogens is 222 g/mol. The molecule has 3 heteroatoms. The van der Waals surface area contributed by atoms with Crippen LogP contribution in [0, 0.1) is 19.8 Å². The molecule has 1 rings (SSSR count). The van der Waals surface area contributed by atoms with Crippen molar-refractivity contribution in [2.24, 2.45) is 5.92 Å². The van der Waals surface area contributed by atoms with Gasteiger partial charge < -0.3 is 4.74 Å². The summed E-state index contributed by atoms with van der Waals surface area (Å²) in [6.07, 6.45) is 1.04. The van der Waals surface area contributed by atoms with Crippen LogP contribution in [-0.4, -0.2) is 11.6 Å². The van der Waals surface area contributed by atoms with Crippen LogP contribution >= 0.6 is 11.6 Å². The molecule has 0 aliphatic carbocycles. The van der Waals surface area contributed by atoms with E-state index in [4.69, 9.17) is 16.3 Å². The largest absolute Gasteiger partial charge is 0.477 e. The van der Waals surface area contributed by atoms with E-state index in [1.807, 2.05) is 19.9 Å². The molecule has 0 saturated heterocycles. The van der Waals surface area contributed by atoms with Gasteiger partial charge in [0.2, 0.25) is 5.88 Å². The lowest BCUT2D eigenvalue weighted by molar-refractivity contribution is 0.276. The molecule has 0 bridgehead atoms.